The van der Waals surface area contributed by atoms with Crippen molar-refractivity contribution in [2.45, 2.75) is 38.9 Å². The summed E-state index contributed by atoms with van der Waals surface area (Å²) >= 11 is 0. The second kappa shape index (κ2) is 6.05. The van der Waals surface area contributed by atoms with Crippen molar-refractivity contribution < 1.29 is 14.4 Å². The highest BCUT2D eigenvalue weighted by Crippen LogP contribution is 2.16. The van der Waals surface area contributed by atoms with Crippen molar-refractivity contribution >= 4 is 17.7 Å². The monoisotopic (exact) mass is 289 g/mol. The van der Waals surface area contributed by atoms with E-state index in [1.807, 2.05) is 0 Å². The molecule has 2 rings (SSSR count). The lowest BCUT2D eigenvalue weighted by Crippen LogP contribution is -2.43. The van der Waals surface area contributed by atoms with Crippen LogP contribution in [0.25, 0.3) is 0 Å². The van der Waals surface area contributed by atoms with Crippen molar-refractivity contribution in [3.05, 3.63) is 35.4 Å². The Morgan fingerprint density at radius 2 is 1.95 bits per heavy atom. The van der Waals surface area contributed by atoms with E-state index in [2.05, 4.69) is 5.32 Å². The number of rotatable bonds is 4. The lowest BCUT2D eigenvalue weighted by atomic mass is 10.1. The first kappa shape index (κ1) is 15.2. The molecule has 3 amide bonds. The van der Waals surface area contributed by atoms with E-state index in [4.69, 9.17) is 5.73 Å². The molecule has 0 bridgehead atoms. The molecule has 1 fully saturated rings. The lowest BCUT2D eigenvalue weighted by Gasteiger charge is -2.19. The van der Waals surface area contributed by atoms with Crippen LogP contribution in [0.5, 0.6) is 0 Å². The Bertz CT molecular complexity index is 566. The Morgan fingerprint density at radius 1 is 1.33 bits per heavy atom. The van der Waals surface area contributed by atoms with Gasteiger partial charge in [0.1, 0.15) is 6.04 Å². The average molecular weight is 289 g/mol. The minimum atomic E-state index is -0.776. The molecule has 1 atom stereocenters. The van der Waals surface area contributed by atoms with Gasteiger partial charge in [0.05, 0.1) is 6.42 Å². The number of amides is 3. The fourth-order valence-corrected chi connectivity index (χ4v) is 2.34. The van der Waals surface area contributed by atoms with E-state index in [-0.39, 0.29) is 30.2 Å². The molecule has 1 aliphatic rings. The van der Waals surface area contributed by atoms with Gasteiger partial charge in [-0.2, -0.15) is 0 Å². The van der Waals surface area contributed by atoms with Crippen molar-refractivity contribution in [3.8, 4) is 0 Å². The summed E-state index contributed by atoms with van der Waals surface area (Å²) in [6, 6.07) is 5.85. The van der Waals surface area contributed by atoms with Gasteiger partial charge in [-0.05, 0) is 31.5 Å². The summed E-state index contributed by atoms with van der Waals surface area (Å²) in [6.45, 7) is 3.94. The van der Waals surface area contributed by atoms with E-state index >= 15 is 0 Å². The van der Waals surface area contributed by atoms with Crippen LogP contribution in [-0.2, 0) is 16.1 Å². The quantitative estimate of drug-likeness (QED) is 0.785. The van der Waals surface area contributed by atoms with Crippen molar-refractivity contribution in [1.82, 2.24) is 10.2 Å². The molecule has 1 unspecified atom stereocenters. The molecule has 0 radical (unpaired) electrons. The maximum atomic E-state index is 12.1. The third-order valence-corrected chi connectivity index (χ3v) is 3.46. The fourth-order valence-electron chi connectivity index (χ4n) is 2.34. The van der Waals surface area contributed by atoms with E-state index in [0.717, 1.165) is 5.56 Å². The maximum Gasteiger partial charge on any atom is 0.252 e. The Kier molecular flexibility index (Phi) is 4.37. The summed E-state index contributed by atoms with van der Waals surface area (Å²) in [5.74, 6) is -0.962. The Balaban J connectivity index is 2.06. The fraction of sp³-hybridized carbons (Fsp3) is 0.400. The highest BCUT2D eigenvalue weighted by molar-refractivity contribution is 6.08. The molecule has 21 heavy (non-hydrogen) atoms. The van der Waals surface area contributed by atoms with Crippen LogP contribution in [0.3, 0.4) is 0 Å². The summed E-state index contributed by atoms with van der Waals surface area (Å²) in [4.78, 5) is 37.2. The standard InChI is InChI=1S/C15H19N3O3/c1-9(2)18-13(19)7-12(15(18)21)17-14(20)11-5-3-10(8-16)4-6-11/h3-6,9,12H,7-8,16H2,1-2H3,(H,17,20). The first-order valence-corrected chi connectivity index (χ1v) is 6.89. The second-order valence-corrected chi connectivity index (χ2v) is 5.33. The molecule has 1 aliphatic heterocycles. The van der Waals surface area contributed by atoms with Gasteiger partial charge in [-0.25, -0.2) is 0 Å². The number of carbonyl (C=O) groups excluding carboxylic acids is 3. The zero-order chi connectivity index (χ0) is 15.6. The van der Waals surface area contributed by atoms with Gasteiger partial charge in [-0.1, -0.05) is 12.1 Å². The molecule has 112 valence electrons. The van der Waals surface area contributed by atoms with Gasteiger partial charge in [0, 0.05) is 18.2 Å². The van der Waals surface area contributed by atoms with Gasteiger partial charge >= 0.3 is 0 Å². The number of nitrogens with zero attached hydrogens (tertiary/aromatic N) is 1. The van der Waals surface area contributed by atoms with Gasteiger partial charge in [0.2, 0.25) is 5.91 Å². The Hall–Kier alpha value is -2.21. The van der Waals surface area contributed by atoms with E-state index in [1.54, 1.807) is 38.1 Å². The molecule has 1 aromatic carbocycles. The molecule has 1 heterocycles. The van der Waals surface area contributed by atoms with Crippen molar-refractivity contribution in [3.63, 3.8) is 0 Å². The number of benzene rings is 1. The molecule has 0 saturated carbocycles. The lowest BCUT2D eigenvalue weighted by molar-refractivity contribution is -0.140. The molecule has 1 saturated heterocycles. The largest absolute Gasteiger partial charge is 0.340 e. The number of likely N-dealkylation sites (tertiary alicyclic amines) is 1. The van der Waals surface area contributed by atoms with Crippen LogP contribution >= 0.6 is 0 Å². The highest BCUT2D eigenvalue weighted by atomic mass is 16.2. The van der Waals surface area contributed by atoms with E-state index in [9.17, 15) is 14.4 Å². The number of carbonyl (C=O) groups is 3. The number of nitrogens with two attached hydrogens (primary N) is 1. The van der Waals surface area contributed by atoms with Crippen molar-refractivity contribution in [1.29, 1.82) is 0 Å². The van der Waals surface area contributed by atoms with Gasteiger partial charge in [0.15, 0.2) is 0 Å². The van der Waals surface area contributed by atoms with Crippen molar-refractivity contribution in [2.24, 2.45) is 5.73 Å². The normalized spacial score (nSPS) is 18.5. The predicted molar refractivity (Wildman–Crippen MR) is 77.2 cm³/mol. The molecule has 0 spiro atoms. The maximum absolute atomic E-state index is 12.1. The highest BCUT2D eigenvalue weighted by Gasteiger charge is 2.40. The molecule has 6 nitrogen and oxygen atoms in total. The third kappa shape index (κ3) is 3.11. The molecular formula is C15H19N3O3. The Morgan fingerprint density at radius 3 is 2.43 bits per heavy atom. The number of hydrogen-bond donors (Lipinski definition) is 2. The summed E-state index contributed by atoms with van der Waals surface area (Å²) in [5, 5.41) is 2.62. The van der Waals surface area contributed by atoms with E-state index in [1.165, 1.54) is 4.90 Å². The first-order chi connectivity index (χ1) is 9.93. The number of hydrogen-bond acceptors (Lipinski definition) is 4. The predicted octanol–water partition coefficient (Wildman–Crippen LogP) is 0.411. The second-order valence-electron chi connectivity index (χ2n) is 5.33. The summed E-state index contributed by atoms with van der Waals surface area (Å²) in [7, 11) is 0. The smallest absolute Gasteiger partial charge is 0.252 e. The molecular weight excluding hydrogens is 270 g/mol. The van der Waals surface area contributed by atoms with E-state index in [0.29, 0.717) is 12.1 Å². The van der Waals surface area contributed by atoms with Gasteiger partial charge in [-0.3, -0.25) is 19.3 Å². The van der Waals surface area contributed by atoms with Crippen LogP contribution < -0.4 is 11.1 Å². The van der Waals surface area contributed by atoms with Crippen LogP contribution in [0.1, 0.15) is 36.2 Å². The van der Waals surface area contributed by atoms with Gasteiger partial charge < -0.3 is 11.1 Å². The van der Waals surface area contributed by atoms with Crippen LogP contribution in [0.15, 0.2) is 24.3 Å². The summed E-state index contributed by atoms with van der Waals surface area (Å²) in [6.07, 6.45) is 0.0175. The van der Waals surface area contributed by atoms with Gasteiger partial charge in [-0.15, -0.1) is 0 Å². The minimum Gasteiger partial charge on any atom is -0.340 e. The molecule has 1 aromatic rings. The molecule has 3 N–H and O–H groups in total. The van der Waals surface area contributed by atoms with Crippen LogP contribution in [0.4, 0.5) is 0 Å². The van der Waals surface area contributed by atoms with Crippen LogP contribution in [-0.4, -0.2) is 34.7 Å². The molecule has 0 aliphatic carbocycles. The summed E-state index contributed by atoms with van der Waals surface area (Å²) in [5.41, 5.74) is 6.86. The Labute approximate surface area is 123 Å². The number of nitrogens with one attached hydrogen (secondary N) is 1. The zero-order valence-electron chi connectivity index (χ0n) is 12.1. The van der Waals surface area contributed by atoms with Crippen LogP contribution in [0, 0.1) is 0 Å². The summed E-state index contributed by atoms with van der Waals surface area (Å²) < 4.78 is 0. The molecule has 0 aromatic heterocycles. The number of imide groups is 1. The zero-order valence-corrected chi connectivity index (χ0v) is 12.1. The van der Waals surface area contributed by atoms with Crippen LogP contribution in [0.2, 0.25) is 0 Å². The first-order valence-electron chi connectivity index (χ1n) is 6.89. The SMILES string of the molecule is CC(C)N1C(=O)CC(NC(=O)c2ccc(CN)cc2)C1=O. The average Bonchev–Trinajstić information content (AvgIpc) is 2.73. The molecule has 6 heteroatoms. The minimum absolute atomic E-state index is 0.0175. The van der Waals surface area contributed by atoms with Crippen molar-refractivity contribution in [2.75, 3.05) is 0 Å². The topological polar surface area (TPSA) is 92.5 Å². The van der Waals surface area contributed by atoms with E-state index < -0.39 is 6.04 Å². The third-order valence-electron chi connectivity index (χ3n) is 3.46. The van der Waals surface area contributed by atoms with Gasteiger partial charge in [0.25, 0.3) is 11.8 Å².